The van der Waals surface area contributed by atoms with Gasteiger partial charge in [-0.3, -0.25) is 4.98 Å². The second kappa shape index (κ2) is 9.75. The minimum atomic E-state index is 0.767. The zero-order valence-corrected chi connectivity index (χ0v) is 15.4. The number of halogens is 1. The van der Waals surface area contributed by atoms with Crippen LogP contribution in [0, 0.1) is 0 Å². The summed E-state index contributed by atoms with van der Waals surface area (Å²) in [5, 5.41) is 4.83. The molecule has 0 atom stereocenters. The van der Waals surface area contributed by atoms with Gasteiger partial charge in [-0.05, 0) is 48.6 Å². The minimum absolute atomic E-state index is 0.767. The Morgan fingerprint density at radius 3 is 2.74 bits per heavy atom. The third-order valence-corrected chi connectivity index (χ3v) is 4.96. The van der Waals surface area contributed by atoms with Gasteiger partial charge in [-0.25, -0.2) is 0 Å². The largest absolute Gasteiger partial charge is 0.362 e. The number of thioether (sulfide) groups is 1. The highest BCUT2D eigenvalue weighted by Crippen LogP contribution is 2.19. The summed E-state index contributed by atoms with van der Waals surface area (Å²) in [7, 11) is 2.00. The number of pyridine rings is 1. The normalized spacial score (nSPS) is 10.3. The first-order chi connectivity index (χ1) is 11.1. The van der Waals surface area contributed by atoms with E-state index >= 15 is 0 Å². The van der Waals surface area contributed by atoms with Gasteiger partial charge in [-0.2, -0.15) is 0 Å². The molecular formula is C17H20ClN3S2. The van der Waals surface area contributed by atoms with Gasteiger partial charge in [0.2, 0.25) is 0 Å². The van der Waals surface area contributed by atoms with E-state index in [-0.39, 0.29) is 0 Å². The number of nitrogens with zero attached hydrogens (tertiary/aromatic N) is 2. The third kappa shape index (κ3) is 6.77. The van der Waals surface area contributed by atoms with Gasteiger partial charge in [0.1, 0.15) is 0 Å². The number of benzene rings is 1. The maximum absolute atomic E-state index is 5.87. The first-order valence-corrected chi connectivity index (χ1v) is 9.19. The molecule has 1 aromatic carbocycles. The standard InChI is InChI=1S/C17H20ClN3S2/c1-21(12-9-15-4-2-3-10-19-15)17(22)20-11-13-23-16-7-5-14(18)6-8-16/h2-8,10H,9,11-13H2,1H3,(H,20,22). The van der Waals surface area contributed by atoms with Crippen molar-refractivity contribution in [1.82, 2.24) is 15.2 Å². The van der Waals surface area contributed by atoms with Crippen molar-refractivity contribution in [2.24, 2.45) is 0 Å². The molecule has 2 rings (SSSR count). The Morgan fingerprint density at radius 1 is 1.26 bits per heavy atom. The van der Waals surface area contributed by atoms with E-state index in [1.165, 1.54) is 4.90 Å². The molecular weight excluding hydrogens is 346 g/mol. The van der Waals surface area contributed by atoms with Gasteiger partial charge in [0.15, 0.2) is 5.11 Å². The monoisotopic (exact) mass is 365 g/mol. The SMILES string of the molecule is CN(CCc1ccccn1)C(=S)NCCSc1ccc(Cl)cc1. The van der Waals surface area contributed by atoms with Gasteiger partial charge in [0.25, 0.3) is 0 Å². The molecule has 0 amide bonds. The third-order valence-electron chi connectivity index (χ3n) is 3.24. The molecule has 0 fully saturated rings. The van der Waals surface area contributed by atoms with E-state index in [9.17, 15) is 0 Å². The number of aromatic nitrogens is 1. The van der Waals surface area contributed by atoms with Crippen LogP contribution in [-0.2, 0) is 6.42 Å². The van der Waals surface area contributed by atoms with Crippen molar-refractivity contribution < 1.29 is 0 Å². The second-order valence-electron chi connectivity index (χ2n) is 5.03. The lowest BCUT2D eigenvalue weighted by Crippen LogP contribution is -2.39. The summed E-state index contributed by atoms with van der Waals surface area (Å²) in [4.78, 5) is 7.59. The Balaban J connectivity index is 1.63. The van der Waals surface area contributed by atoms with Crippen molar-refractivity contribution in [3.8, 4) is 0 Å². The number of hydrogen-bond donors (Lipinski definition) is 1. The van der Waals surface area contributed by atoms with E-state index in [2.05, 4.69) is 15.2 Å². The van der Waals surface area contributed by atoms with Crippen molar-refractivity contribution in [2.75, 3.05) is 25.9 Å². The maximum atomic E-state index is 5.87. The van der Waals surface area contributed by atoms with Crippen molar-refractivity contribution >= 4 is 40.7 Å². The molecule has 23 heavy (non-hydrogen) atoms. The summed E-state index contributed by atoms with van der Waals surface area (Å²) in [6.45, 7) is 1.69. The Kier molecular flexibility index (Phi) is 7.65. The number of rotatable bonds is 7. The molecule has 1 heterocycles. The summed E-state index contributed by atoms with van der Waals surface area (Å²) in [6, 6.07) is 13.9. The van der Waals surface area contributed by atoms with Crippen LogP contribution < -0.4 is 5.32 Å². The van der Waals surface area contributed by atoms with Crippen molar-refractivity contribution in [3.63, 3.8) is 0 Å². The van der Waals surface area contributed by atoms with E-state index in [1.807, 2.05) is 55.7 Å². The summed E-state index contributed by atoms with van der Waals surface area (Å²) in [5.41, 5.74) is 1.08. The van der Waals surface area contributed by atoms with Crippen LogP contribution in [0.2, 0.25) is 5.02 Å². The average Bonchev–Trinajstić information content (AvgIpc) is 2.59. The first kappa shape index (κ1) is 18.0. The molecule has 1 N–H and O–H groups in total. The molecule has 6 heteroatoms. The topological polar surface area (TPSA) is 28.2 Å². The lowest BCUT2D eigenvalue weighted by Gasteiger charge is -2.20. The fraction of sp³-hybridized carbons (Fsp3) is 0.294. The predicted octanol–water partition coefficient (Wildman–Crippen LogP) is 3.88. The van der Waals surface area contributed by atoms with Crippen LogP contribution in [0.5, 0.6) is 0 Å². The average molecular weight is 366 g/mol. The first-order valence-electron chi connectivity index (χ1n) is 7.42. The van der Waals surface area contributed by atoms with E-state index in [1.54, 1.807) is 11.8 Å². The summed E-state index contributed by atoms with van der Waals surface area (Å²) in [6.07, 6.45) is 2.71. The fourth-order valence-electron chi connectivity index (χ4n) is 1.92. The second-order valence-corrected chi connectivity index (χ2v) is 7.02. The highest BCUT2D eigenvalue weighted by molar-refractivity contribution is 7.99. The van der Waals surface area contributed by atoms with Gasteiger partial charge < -0.3 is 10.2 Å². The van der Waals surface area contributed by atoms with E-state index in [0.29, 0.717) is 0 Å². The van der Waals surface area contributed by atoms with Crippen molar-refractivity contribution in [3.05, 3.63) is 59.4 Å². The number of hydrogen-bond acceptors (Lipinski definition) is 3. The zero-order chi connectivity index (χ0) is 16.5. The summed E-state index contributed by atoms with van der Waals surface area (Å²) < 4.78 is 0. The van der Waals surface area contributed by atoms with Crippen LogP contribution in [-0.4, -0.2) is 40.9 Å². The number of nitrogens with one attached hydrogen (secondary N) is 1. The number of thiocarbonyl (C=S) groups is 1. The molecule has 0 saturated carbocycles. The van der Waals surface area contributed by atoms with Crippen LogP contribution in [0.15, 0.2) is 53.6 Å². The summed E-state index contributed by atoms with van der Waals surface area (Å²) >= 11 is 13.1. The van der Waals surface area contributed by atoms with Crippen LogP contribution in [0.1, 0.15) is 5.69 Å². The molecule has 0 bridgehead atoms. The Morgan fingerprint density at radius 2 is 2.04 bits per heavy atom. The molecule has 0 aliphatic heterocycles. The molecule has 0 unspecified atom stereocenters. The summed E-state index contributed by atoms with van der Waals surface area (Å²) in [5.74, 6) is 0.954. The minimum Gasteiger partial charge on any atom is -0.362 e. The molecule has 2 aromatic rings. The Labute approximate surface area is 152 Å². The van der Waals surface area contributed by atoms with E-state index < -0.39 is 0 Å². The number of likely N-dealkylation sites (N-methyl/N-ethyl adjacent to an activating group) is 1. The van der Waals surface area contributed by atoms with Crippen LogP contribution in [0.4, 0.5) is 0 Å². The lowest BCUT2D eigenvalue weighted by atomic mass is 10.2. The van der Waals surface area contributed by atoms with Crippen molar-refractivity contribution in [2.45, 2.75) is 11.3 Å². The molecule has 0 saturated heterocycles. The molecule has 0 radical (unpaired) electrons. The molecule has 122 valence electrons. The Bertz CT molecular complexity index is 605. The lowest BCUT2D eigenvalue weighted by molar-refractivity contribution is 0.496. The maximum Gasteiger partial charge on any atom is 0.168 e. The van der Waals surface area contributed by atoms with Gasteiger partial charge in [0.05, 0.1) is 0 Å². The fourth-order valence-corrected chi connectivity index (χ4v) is 3.01. The van der Waals surface area contributed by atoms with Crippen molar-refractivity contribution in [1.29, 1.82) is 0 Å². The predicted molar refractivity (Wildman–Crippen MR) is 103 cm³/mol. The van der Waals surface area contributed by atoms with Gasteiger partial charge in [0, 0.05) is 54.1 Å². The molecule has 0 spiro atoms. The molecule has 3 nitrogen and oxygen atoms in total. The molecule has 1 aromatic heterocycles. The zero-order valence-electron chi connectivity index (χ0n) is 13.0. The molecule has 0 aliphatic rings. The Hall–Kier alpha value is -1.30. The van der Waals surface area contributed by atoms with Gasteiger partial charge in [-0.15, -0.1) is 11.8 Å². The molecule has 0 aliphatic carbocycles. The highest BCUT2D eigenvalue weighted by Gasteiger charge is 2.04. The van der Waals surface area contributed by atoms with Gasteiger partial charge >= 0.3 is 0 Å². The van der Waals surface area contributed by atoms with E-state index in [4.69, 9.17) is 23.8 Å². The van der Waals surface area contributed by atoms with E-state index in [0.717, 1.165) is 41.1 Å². The smallest absolute Gasteiger partial charge is 0.168 e. The van der Waals surface area contributed by atoms with Crippen LogP contribution in [0.3, 0.4) is 0 Å². The quantitative estimate of drug-likeness (QED) is 0.456. The van der Waals surface area contributed by atoms with Crippen LogP contribution in [0.25, 0.3) is 0 Å². The highest BCUT2D eigenvalue weighted by atomic mass is 35.5. The van der Waals surface area contributed by atoms with Crippen LogP contribution >= 0.6 is 35.6 Å². The van der Waals surface area contributed by atoms with Gasteiger partial charge in [-0.1, -0.05) is 17.7 Å².